The van der Waals surface area contributed by atoms with Gasteiger partial charge in [-0.15, -0.1) is 5.10 Å². The molecule has 2 aromatic carbocycles. The van der Waals surface area contributed by atoms with Gasteiger partial charge in [0.25, 0.3) is 5.95 Å². The third-order valence-corrected chi connectivity index (χ3v) is 9.08. The van der Waals surface area contributed by atoms with Crippen LogP contribution in [0.2, 0.25) is 0 Å². The van der Waals surface area contributed by atoms with Crippen molar-refractivity contribution < 1.29 is 36.2 Å². The quantitative estimate of drug-likeness (QED) is 0.220. The molecule has 8 nitrogen and oxygen atoms in total. The highest BCUT2D eigenvalue weighted by atomic mass is 19.4. The van der Waals surface area contributed by atoms with E-state index in [1.807, 2.05) is 6.92 Å². The molecule has 1 aromatic heterocycles. The first-order chi connectivity index (χ1) is 21.7. The van der Waals surface area contributed by atoms with Crippen LogP contribution < -0.4 is 9.80 Å². The highest BCUT2D eigenvalue weighted by Gasteiger charge is 2.37. The molecule has 2 aliphatic rings. The Labute approximate surface area is 263 Å². The summed E-state index contributed by atoms with van der Waals surface area (Å²) in [5.41, 5.74) is 1.25. The first-order valence-electron chi connectivity index (χ1n) is 15.7. The van der Waals surface area contributed by atoms with E-state index in [9.17, 15) is 36.2 Å². The molecule has 5 rings (SSSR count). The summed E-state index contributed by atoms with van der Waals surface area (Å²) in [5, 5.41) is 21.9. The zero-order valence-corrected chi connectivity index (χ0v) is 25.8. The van der Waals surface area contributed by atoms with Crippen LogP contribution in [0.5, 0.6) is 0 Å². The van der Waals surface area contributed by atoms with Crippen LogP contribution in [-0.4, -0.2) is 44.4 Å². The van der Waals surface area contributed by atoms with Gasteiger partial charge in [0, 0.05) is 31.9 Å². The van der Waals surface area contributed by atoms with E-state index in [2.05, 4.69) is 32.4 Å². The molecule has 250 valence electrons. The largest absolute Gasteiger partial charge is 0.481 e. The fourth-order valence-electron chi connectivity index (χ4n) is 6.61. The van der Waals surface area contributed by atoms with Crippen molar-refractivity contribution >= 4 is 17.6 Å². The first-order valence-corrected chi connectivity index (χ1v) is 15.7. The number of hydrogen-bond acceptors (Lipinski definition) is 6. The van der Waals surface area contributed by atoms with Crippen LogP contribution in [0.1, 0.15) is 79.3 Å². The van der Waals surface area contributed by atoms with Gasteiger partial charge in [-0.3, -0.25) is 4.79 Å². The van der Waals surface area contributed by atoms with Gasteiger partial charge in [0.05, 0.1) is 23.6 Å². The zero-order valence-electron chi connectivity index (χ0n) is 25.8. The molecule has 0 unspecified atom stereocenters. The molecule has 46 heavy (non-hydrogen) atoms. The number of tetrazole rings is 1. The van der Waals surface area contributed by atoms with E-state index in [4.69, 9.17) is 0 Å². The number of aryl methyl sites for hydroxylation is 3. The number of halogens is 6. The van der Waals surface area contributed by atoms with E-state index < -0.39 is 29.4 Å². The van der Waals surface area contributed by atoms with E-state index >= 15 is 0 Å². The second-order valence-corrected chi connectivity index (χ2v) is 12.2. The van der Waals surface area contributed by atoms with Gasteiger partial charge in [0.2, 0.25) is 0 Å². The van der Waals surface area contributed by atoms with Crippen molar-refractivity contribution in [2.24, 2.45) is 11.8 Å². The van der Waals surface area contributed by atoms with Gasteiger partial charge in [-0.1, -0.05) is 11.2 Å². The summed E-state index contributed by atoms with van der Waals surface area (Å²) in [4.78, 5) is 16.6. The molecule has 14 heteroatoms. The normalized spacial score (nSPS) is 18.4. The van der Waals surface area contributed by atoms with Crippen LogP contribution >= 0.6 is 0 Å². The molecular formula is C32H38F6N6O2. The Balaban J connectivity index is 1.51. The molecule has 0 amide bonds. The third-order valence-electron chi connectivity index (χ3n) is 9.08. The SMILES string of the molecule is CCN(C[C@H]1CC[C@H](C(=O)O)CC1)c1cc2c(cc1CN(Cc1cc(C(F)(F)F)cc(C(F)(F)F)c1)c1nnn(CC)n1)CCC2. The van der Waals surface area contributed by atoms with Crippen LogP contribution in [0.3, 0.4) is 0 Å². The number of carbonyl (C=O) groups is 1. The molecule has 1 N–H and O–H groups in total. The topological polar surface area (TPSA) is 87.4 Å². The fourth-order valence-corrected chi connectivity index (χ4v) is 6.61. The van der Waals surface area contributed by atoms with E-state index in [-0.39, 0.29) is 36.6 Å². The Bertz CT molecular complexity index is 1500. The number of aromatic nitrogens is 4. The Kier molecular flexibility index (Phi) is 9.83. The Morgan fingerprint density at radius 3 is 2.07 bits per heavy atom. The highest BCUT2D eigenvalue weighted by Crippen LogP contribution is 2.38. The Morgan fingerprint density at radius 2 is 1.52 bits per heavy atom. The number of carboxylic acids is 1. The summed E-state index contributed by atoms with van der Waals surface area (Å²) in [5.74, 6) is -0.698. The number of nitrogens with zero attached hydrogens (tertiary/aromatic N) is 6. The number of aliphatic carboxylic acids is 1. The molecule has 0 atom stereocenters. The maximum absolute atomic E-state index is 13.7. The zero-order chi connectivity index (χ0) is 33.2. The minimum atomic E-state index is -4.97. The first kappa shape index (κ1) is 33.5. The minimum Gasteiger partial charge on any atom is -0.481 e. The maximum Gasteiger partial charge on any atom is 0.416 e. The summed E-state index contributed by atoms with van der Waals surface area (Å²) in [7, 11) is 0. The molecule has 1 heterocycles. The fraction of sp³-hybridized carbons (Fsp3) is 0.562. The summed E-state index contributed by atoms with van der Waals surface area (Å²) in [6, 6.07) is 5.85. The van der Waals surface area contributed by atoms with Gasteiger partial charge in [0.1, 0.15) is 0 Å². The van der Waals surface area contributed by atoms with Crippen LogP contribution in [0.4, 0.5) is 38.0 Å². The van der Waals surface area contributed by atoms with Crippen molar-refractivity contribution in [3.05, 3.63) is 63.7 Å². The van der Waals surface area contributed by atoms with Crippen LogP contribution in [0.15, 0.2) is 30.3 Å². The second-order valence-electron chi connectivity index (χ2n) is 12.2. The lowest BCUT2D eigenvalue weighted by atomic mass is 9.81. The molecule has 0 aliphatic heterocycles. The molecular weight excluding hydrogens is 614 g/mol. The van der Waals surface area contributed by atoms with Crippen molar-refractivity contribution in [1.29, 1.82) is 0 Å². The molecule has 1 saturated carbocycles. The van der Waals surface area contributed by atoms with Gasteiger partial charge >= 0.3 is 18.3 Å². The molecule has 0 radical (unpaired) electrons. The van der Waals surface area contributed by atoms with Crippen molar-refractivity contribution in [1.82, 2.24) is 20.2 Å². The standard InChI is InChI=1S/C32H38F6N6O2/c1-3-42(17-20-8-10-22(11-9-20)29(45)46)28-15-24-7-5-6-23(24)14-25(28)19-43(30-39-41-44(4-2)40-30)18-21-12-26(31(33,34)35)16-27(13-21)32(36,37)38/h12-16,20,22H,3-11,17-19H2,1-2H3,(H,45,46)/t20-,22-. The lowest BCUT2D eigenvalue weighted by Crippen LogP contribution is -2.34. The van der Waals surface area contributed by atoms with Crippen molar-refractivity contribution in [3.8, 4) is 0 Å². The van der Waals surface area contributed by atoms with E-state index in [0.717, 1.165) is 55.5 Å². The average molecular weight is 653 g/mol. The van der Waals surface area contributed by atoms with Crippen LogP contribution in [0.25, 0.3) is 0 Å². The number of fused-ring (bicyclic) bond motifs is 1. The number of alkyl halides is 6. The van der Waals surface area contributed by atoms with Gasteiger partial charge in [0.15, 0.2) is 0 Å². The predicted octanol–water partition coefficient (Wildman–Crippen LogP) is 7.14. The van der Waals surface area contributed by atoms with Gasteiger partial charge < -0.3 is 14.9 Å². The Morgan fingerprint density at radius 1 is 0.891 bits per heavy atom. The lowest BCUT2D eigenvalue weighted by molar-refractivity contribution is -0.144. The average Bonchev–Trinajstić information content (AvgIpc) is 3.68. The highest BCUT2D eigenvalue weighted by molar-refractivity contribution is 5.70. The van der Waals surface area contributed by atoms with Gasteiger partial charge in [-0.2, -0.15) is 31.1 Å². The lowest BCUT2D eigenvalue weighted by Gasteiger charge is -2.34. The second kappa shape index (κ2) is 13.5. The molecule has 0 spiro atoms. The number of rotatable bonds is 11. The van der Waals surface area contributed by atoms with Crippen molar-refractivity contribution in [2.45, 2.75) is 90.8 Å². The smallest absolute Gasteiger partial charge is 0.416 e. The summed E-state index contributed by atoms with van der Waals surface area (Å²) < 4.78 is 82.2. The number of anilines is 2. The number of carboxylic acid groups (broad SMARTS) is 1. The van der Waals surface area contributed by atoms with E-state index in [0.29, 0.717) is 38.4 Å². The minimum absolute atomic E-state index is 0.0920. The van der Waals surface area contributed by atoms with Crippen LogP contribution in [0, 0.1) is 11.8 Å². The summed E-state index contributed by atoms with van der Waals surface area (Å²) >= 11 is 0. The maximum atomic E-state index is 13.7. The van der Waals surface area contributed by atoms with Gasteiger partial charge in [-0.05, 0) is 116 Å². The predicted molar refractivity (Wildman–Crippen MR) is 159 cm³/mol. The van der Waals surface area contributed by atoms with E-state index in [1.165, 1.54) is 15.9 Å². The number of hydrogen-bond donors (Lipinski definition) is 1. The van der Waals surface area contributed by atoms with Crippen LogP contribution in [-0.2, 0) is 49.6 Å². The van der Waals surface area contributed by atoms with E-state index in [1.54, 1.807) is 11.8 Å². The van der Waals surface area contributed by atoms with Gasteiger partial charge in [-0.25, -0.2) is 0 Å². The van der Waals surface area contributed by atoms with Crippen molar-refractivity contribution in [3.63, 3.8) is 0 Å². The van der Waals surface area contributed by atoms with Crippen molar-refractivity contribution in [2.75, 3.05) is 22.9 Å². The molecule has 1 fully saturated rings. The summed E-state index contributed by atoms with van der Waals surface area (Å²) in [6.45, 7) is 5.38. The molecule has 3 aromatic rings. The number of benzene rings is 2. The third kappa shape index (κ3) is 7.75. The Hall–Kier alpha value is -3.84. The molecule has 2 aliphatic carbocycles. The molecule has 0 saturated heterocycles. The monoisotopic (exact) mass is 652 g/mol. The summed E-state index contributed by atoms with van der Waals surface area (Å²) in [6.07, 6.45) is -4.32. The molecule has 0 bridgehead atoms.